The normalized spacial score (nSPS) is 11.3. The van der Waals surface area contributed by atoms with Crippen LogP contribution in [0.25, 0.3) is 0 Å². The number of carbonyl (C=O) groups is 1. The van der Waals surface area contributed by atoms with Gasteiger partial charge in [-0.15, -0.1) is 11.3 Å². The minimum atomic E-state index is -3.93. The average Bonchev–Trinajstić information content (AvgIpc) is 3.35. The van der Waals surface area contributed by atoms with Gasteiger partial charge >= 0.3 is 5.97 Å². The first-order valence-corrected chi connectivity index (χ1v) is 10.7. The Morgan fingerprint density at radius 1 is 1.25 bits per heavy atom. The van der Waals surface area contributed by atoms with E-state index >= 15 is 0 Å². The highest BCUT2D eigenvalue weighted by atomic mass is 32.2. The van der Waals surface area contributed by atoms with Crippen LogP contribution in [0.2, 0.25) is 0 Å². The molecule has 0 saturated carbocycles. The van der Waals surface area contributed by atoms with Gasteiger partial charge in [0.05, 0.1) is 38.8 Å². The van der Waals surface area contributed by atoms with Crippen LogP contribution < -0.4 is 4.72 Å². The Morgan fingerprint density at radius 2 is 2.04 bits per heavy atom. The summed E-state index contributed by atoms with van der Waals surface area (Å²) in [5, 5.41) is 5.64. The number of thiophene rings is 1. The molecule has 0 radical (unpaired) electrons. The molecule has 0 spiro atoms. The fourth-order valence-corrected chi connectivity index (χ4v) is 4.79. The number of anilines is 1. The quantitative estimate of drug-likeness (QED) is 0.421. The molecular weight excluding hydrogens is 402 g/mol. The molecule has 0 saturated heterocycles. The third-order valence-corrected chi connectivity index (χ3v) is 6.20. The molecule has 0 aliphatic rings. The fourth-order valence-electron chi connectivity index (χ4n) is 2.42. The Hall–Kier alpha value is -2.69. The first-order chi connectivity index (χ1) is 13.5. The van der Waals surface area contributed by atoms with E-state index in [1.54, 1.807) is 10.9 Å². The standard InChI is InChI=1S/C18H19N3O5S2/c1-25-18(22)17-16(7-10-27-17)28(23,24)20-15-11-19-21(12-15)8-9-26-13-14-5-3-2-4-6-14/h2-7,10-12,20H,8-9,13H2,1H3. The maximum atomic E-state index is 12.6. The third kappa shape index (κ3) is 4.97. The van der Waals surface area contributed by atoms with Gasteiger partial charge in [-0.1, -0.05) is 30.3 Å². The number of benzene rings is 1. The van der Waals surface area contributed by atoms with Crippen molar-refractivity contribution in [2.24, 2.45) is 0 Å². The van der Waals surface area contributed by atoms with Crippen LogP contribution in [0.4, 0.5) is 5.69 Å². The highest BCUT2D eigenvalue weighted by Gasteiger charge is 2.25. The Bertz CT molecular complexity index is 1030. The van der Waals surface area contributed by atoms with Crippen molar-refractivity contribution in [3.8, 4) is 0 Å². The Balaban J connectivity index is 1.57. The molecule has 0 amide bonds. The lowest BCUT2D eigenvalue weighted by molar-refractivity contribution is 0.0602. The van der Waals surface area contributed by atoms with Crippen molar-refractivity contribution in [2.75, 3.05) is 18.4 Å². The Labute approximate surface area is 166 Å². The number of sulfonamides is 1. The van der Waals surface area contributed by atoms with E-state index in [-0.39, 0.29) is 9.77 Å². The molecule has 2 heterocycles. The van der Waals surface area contributed by atoms with Crippen LogP contribution in [0.15, 0.2) is 59.1 Å². The summed E-state index contributed by atoms with van der Waals surface area (Å²) in [5.74, 6) is -0.693. The zero-order chi connectivity index (χ0) is 20.0. The molecule has 0 unspecified atom stereocenters. The molecule has 0 bridgehead atoms. The predicted octanol–water partition coefficient (Wildman–Crippen LogP) is 2.75. The summed E-state index contributed by atoms with van der Waals surface area (Å²) in [6, 6.07) is 11.2. The monoisotopic (exact) mass is 421 g/mol. The molecule has 8 nitrogen and oxygen atoms in total. The van der Waals surface area contributed by atoms with Gasteiger partial charge in [0.15, 0.2) is 0 Å². The maximum absolute atomic E-state index is 12.6. The number of hydrogen-bond acceptors (Lipinski definition) is 7. The van der Waals surface area contributed by atoms with Crippen LogP contribution in [-0.2, 0) is 32.6 Å². The van der Waals surface area contributed by atoms with Gasteiger partial charge in [-0.3, -0.25) is 9.40 Å². The van der Waals surface area contributed by atoms with Gasteiger partial charge in [-0.2, -0.15) is 5.10 Å². The smallest absolute Gasteiger partial charge is 0.349 e. The van der Waals surface area contributed by atoms with Gasteiger partial charge in [-0.25, -0.2) is 13.2 Å². The van der Waals surface area contributed by atoms with Crippen molar-refractivity contribution in [3.05, 3.63) is 64.6 Å². The van der Waals surface area contributed by atoms with E-state index < -0.39 is 16.0 Å². The van der Waals surface area contributed by atoms with E-state index in [0.717, 1.165) is 16.9 Å². The number of hydrogen-bond donors (Lipinski definition) is 1. The van der Waals surface area contributed by atoms with Crippen molar-refractivity contribution >= 4 is 33.0 Å². The molecule has 0 aliphatic carbocycles. The van der Waals surface area contributed by atoms with E-state index in [4.69, 9.17) is 4.74 Å². The van der Waals surface area contributed by atoms with Crippen LogP contribution in [0.1, 0.15) is 15.2 Å². The summed E-state index contributed by atoms with van der Waals surface area (Å²) in [6.45, 7) is 1.40. The molecule has 3 aromatic rings. The zero-order valence-corrected chi connectivity index (χ0v) is 16.7. The van der Waals surface area contributed by atoms with E-state index in [9.17, 15) is 13.2 Å². The second-order valence-electron chi connectivity index (χ2n) is 5.74. The highest BCUT2D eigenvalue weighted by molar-refractivity contribution is 7.93. The second kappa shape index (κ2) is 9.00. The van der Waals surface area contributed by atoms with Crippen molar-refractivity contribution in [2.45, 2.75) is 18.0 Å². The lowest BCUT2D eigenvalue weighted by Gasteiger charge is -2.06. The van der Waals surface area contributed by atoms with E-state index in [2.05, 4.69) is 14.6 Å². The SMILES string of the molecule is COC(=O)c1sccc1S(=O)(=O)Nc1cnn(CCOCc2ccccc2)c1. The summed E-state index contributed by atoms with van der Waals surface area (Å²) in [7, 11) is -2.72. The minimum absolute atomic E-state index is 0.0247. The third-order valence-electron chi connectivity index (χ3n) is 3.75. The van der Waals surface area contributed by atoms with Crippen molar-refractivity contribution in [1.29, 1.82) is 0 Å². The molecule has 10 heteroatoms. The molecule has 0 atom stereocenters. The van der Waals surface area contributed by atoms with Gasteiger partial charge in [0.25, 0.3) is 10.0 Å². The maximum Gasteiger partial charge on any atom is 0.349 e. The molecule has 1 aromatic carbocycles. The Morgan fingerprint density at radius 3 is 2.79 bits per heavy atom. The van der Waals surface area contributed by atoms with Crippen LogP contribution in [0.3, 0.4) is 0 Å². The number of ether oxygens (including phenoxy) is 2. The molecule has 0 fully saturated rings. The number of nitrogens with one attached hydrogen (secondary N) is 1. The number of esters is 1. The number of methoxy groups -OCH3 is 1. The number of carbonyl (C=O) groups excluding carboxylic acids is 1. The van der Waals surface area contributed by atoms with E-state index in [1.807, 2.05) is 30.3 Å². The van der Waals surface area contributed by atoms with Crippen LogP contribution in [0, 0.1) is 0 Å². The molecule has 3 rings (SSSR count). The van der Waals surface area contributed by atoms with Crippen LogP contribution in [0.5, 0.6) is 0 Å². The van der Waals surface area contributed by atoms with Gasteiger partial charge in [0.1, 0.15) is 9.77 Å². The van der Waals surface area contributed by atoms with Crippen molar-refractivity contribution in [3.63, 3.8) is 0 Å². The summed E-state index contributed by atoms with van der Waals surface area (Å²) in [4.78, 5) is 11.6. The summed E-state index contributed by atoms with van der Waals surface area (Å²) >= 11 is 1.01. The number of rotatable bonds is 9. The largest absolute Gasteiger partial charge is 0.465 e. The molecule has 148 valence electrons. The van der Waals surface area contributed by atoms with Crippen molar-refractivity contribution in [1.82, 2.24) is 9.78 Å². The lowest BCUT2D eigenvalue weighted by atomic mass is 10.2. The van der Waals surface area contributed by atoms with E-state index in [0.29, 0.717) is 25.4 Å². The lowest BCUT2D eigenvalue weighted by Crippen LogP contribution is -2.15. The van der Waals surface area contributed by atoms with Gasteiger partial charge < -0.3 is 9.47 Å². The minimum Gasteiger partial charge on any atom is -0.465 e. The highest BCUT2D eigenvalue weighted by Crippen LogP contribution is 2.25. The summed E-state index contributed by atoms with van der Waals surface area (Å²) in [5.41, 5.74) is 1.37. The average molecular weight is 422 g/mol. The molecular formula is C18H19N3O5S2. The van der Waals surface area contributed by atoms with E-state index in [1.165, 1.54) is 24.8 Å². The Kier molecular flexibility index (Phi) is 6.45. The fraction of sp³-hybridized carbons (Fsp3) is 0.222. The molecule has 0 aliphatic heterocycles. The van der Waals surface area contributed by atoms with Crippen molar-refractivity contribution < 1.29 is 22.7 Å². The molecule has 28 heavy (non-hydrogen) atoms. The van der Waals surface area contributed by atoms with Gasteiger partial charge in [0, 0.05) is 6.20 Å². The van der Waals surface area contributed by atoms with Gasteiger partial charge in [0.2, 0.25) is 0 Å². The number of aromatic nitrogens is 2. The predicted molar refractivity (Wildman–Crippen MR) is 105 cm³/mol. The topological polar surface area (TPSA) is 99.5 Å². The molecule has 2 aromatic heterocycles. The van der Waals surface area contributed by atoms with Crippen LogP contribution in [-0.4, -0.2) is 37.9 Å². The second-order valence-corrected chi connectivity index (χ2v) is 8.31. The van der Waals surface area contributed by atoms with Gasteiger partial charge in [-0.05, 0) is 17.0 Å². The van der Waals surface area contributed by atoms with Crippen LogP contribution >= 0.6 is 11.3 Å². The summed E-state index contributed by atoms with van der Waals surface area (Å²) < 4.78 is 39.3. The zero-order valence-electron chi connectivity index (χ0n) is 15.1. The first kappa shape index (κ1) is 20.1. The first-order valence-electron chi connectivity index (χ1n) is 8.32. The molecule has 1 N–H and O–H groups in total. The summed E-state index contributed by atoms with van der Waals surface area (Å²) in [6.07, 6.45) is 2.96. The number of nitrogens with zero attached hydrogens (tertiary/aromatic N) is 2.